The number of ether oxygens (including phenoxy) is 2. The molecule has 0 radical (unpaired) electrons. The second-order valence-corrected chi connectivity index (χ2v) is 8.93. The normalized spacial score (nSPS) is 16.0. The van der Waals surface area contributed by atoms with Crippen molar-refractivity contribution < 1.29 is 18.3 Å². The molecule has 1 atom stereocenters. The average molecular weight is 434 g/mol. The zero-order chi connectivity index (χ0) is 21.4. The lowest BCUT2D eigenvalue weighted by molar-refractivity contribution is -0.0512. The van der Waals surface area contributed by atoms with Gasteiger partial charge in [0.05, 0.1) is 12.5 Å². The van der Waals surface area contributed by atoms with Gasteiger partial charge in [-0.05, 0) is 55.4 Å². The zero-order valence-corrected chi connectivity index (χ0v) is 18.4. The summed E-state index contributed by atoms with van der Waals surface area (Å²) < 4.78 is 34.9. The number of hydrogen-bond donors (Lipinski definition) is 0. The summed E-state index contributed by atoms with van der Waals surface area (Å²) in [7, 11) is 3.43. The van der Waals surface area contributed by atoms with Gasteiger partial charge < -0.3 is 14.4 Å². The maximum atomic E-state index is 12.6. The summed E-state index contributed by atoms with van der Waals surface area (Å²) in [5.41, 5.74) is 2.30. The van der Waals surface area contributed by atoms with Crippen molar-refractivity contribution in [2.45, 2.75) is 46.3 Å². The maximum Gasteiger partial charge on any atom is 0.387 e. The van der Waals surface area contributed by atoms with E-state index in [2.05, 4.69) is 16.6 Å². The summed E-state index contributed by atoms with van der Waals surface area (Å²) >= 11 is 1.78. The third-order valence-corrected chi connectivity index (χ3v) is 6.62. The Hall–Kier alpha value is -2.48. The molecule has 0 amide bonds. The number of aryl methyl sites for hydroxylation is 2. The van der Waals surface area contributed by atoms with Crippen molar-refractivity contribution in [1.29, 1.82) is 0 Å². The van der Waals surface area contributed by atoms with E-state index in [1.165, 1.54) is 30.0 Å². The van der Waals surface area contributed by atoms with Crippen molar-refractivity contribution in [1.82, 2.24) is 9.97 Å². The van der Waals surface area contributed by atoms with E-state index in [4.69, 9.17) is 14.7 Å². The van der Waals surface area contributed by atoms with Crippen LogP contribution in [0.4, 0.5) is 14.6 Å². The lowest BCUT2D eigenvalue weighted by atomic mass is 9.89. The molecule has 8 heteroatoms. The molecule has 4 rings (SSSR count). The number of rotatable bonds is 6. The molecule has 0 saturated carbocycles. The van der Waals surface area contributed by atoms with Gasteiger partial charge >= 0.3 is 6.61 Å². The van der Waals surface area contributed by atoms with Crippen LogP contribution in [-0.4, -0.2) is 30.7 Å². The van der Waals surface area contributed by atoms with Crippen molar-refractivity contribution in [3.8, 4) is 11.5 Å². The van der Waals surface area contributed by atoms with Gasteiger partial charge in [-0.2, -0.15) is 8.78 Å². The predicted molar refractivity (Wildman–Crippen MR) is 115 cm³/mol. The fourth-order valence-corrected chi connectivity index (χ4v) is 5.48. The fraction of sp³-hybridized carbons (Fsp3) is 0.455. The van der Waals surface area contributed by atoms with E-state index in [1.807, 2.05) is 14.0 Å². The van der Waals surface area contributed by atoms with Gasteiger partial charge in [-0.1, -0.05) is 13.0 Å². The third kappa shape index (κ3) is 4.05. The molecule has 1 aliphatic rings. The number of methoxy groups -OCH3 is 1. The van der Waals surface area contributed by atoms with E-state index >= 15 is 0 Å². The molecular weight excluding hydrogens is 408 g/mol. The van der Waals surface area contributed by atoms with E-state index in [1.54, 1.807) is 23.5 Å². The van der Waals surface area contributed by atoms with Crippen molar-refractivity contribution in [2.24, 2.45) is 5.92 Å². The number of anilines is 1. The summed E-state index contributed by atoms with van der Waals surface area (Å²) in [4.78, 5) is 14.0. The lowest BCUT2D eigenvalue weighted by Crippen LogP contribution is -2.19. The SMILES string of the molecule is COc1cc(CN(C)c2nc(C)nc3sc4c(c23)CCC(C)C4)ccc1OC(F)F. The highest BCUT2D eigenvalue weighted by Crippen LogP contribution is 2.41. The molecule has 0 fully saturated rings. The van der Waals surface area contributed by atoms with Crippen LogP contribution in [0.3, 0.4) is 0 Å². The van der Waals surface area contributed by atoms with Gasteiger partial charge in [-0.15, -0.1) is 11.3 Å². The largest absolute Gasteiger partial charge is 0.493 e. The molecule has 160 valence electrons. The molecule has 1 unspecified atom stereocenters. The van der Waals surface area contributed by atoms with Crippen LogP contribution in [0.5, 0.6) is 11.5 Å². The van der Waals surface area contributed by atoms with Gasteiger partial charge in [-0.25, -0.2) is 9.97 Å². The van der Waals surface area contributed by atoms with Crippen LogP contribution < -0.4 is 14.4 Å². The minimum atomic E-state index is -2.89. The van der Waals surface area contributed by atoms with Gasteiger partial charge in [0.1, 0.15) is 16.5 Å². The Kier molecular flexibility index (Phi) is 5.77. The van der Waals surface area contributed by atoms with Gasteiger partial charge in [0.2, 0.25) is 0 Å². The second-order valence-electron chi connectivity index (χ2n) is 7.85. The molecule has 1 aromatic carbocycles. The molecule has 0 saturated heterocycles. The first-order valence-corrected chi connectivity index (χ1v) is 10.8. The molecule has 2 heterocycles. The van der Waals surface area contributed by atoms with Crippen molar-refractivity contribution in [2.75, 3.05) is 19.1 Å². The molecule has 3 aromatic rings. The van der Waals surface area contributed by atoms with Crippen molar-refractivity contribution in [3.05, 3.63) is 40.0 Å². The number of nitrogens with zero attached hydrogens (tertiary/aromatic N) is 3. The van der Waals surface area contributed by atoms with Crippen LogP contribution in [0.1, 0.15) is 35.2 Å². The molecule has 0 aliphatic heterocycles. The minimum Gasteiger partial charge on any atom is -0.493 e. The smallest absolute Gasteiger partial charge is 0.387 e. The molecular formula is C22H25F2N3O2S. The second kappa shape index (κ2) is 8.34. The molecule has 0 N–H and O–H groups in total. The van der Waals surface area contributed by atoms with Gasteiger partial charge in [0.25, 0.3) is 0 Å². The summed E-state index contributed by atoms with van der Waals surface area (Å²) in [6.07, 6.45) is 3.33. The van der Waals surface area contributed by atoms with E-state index in [-0.39, 0.29) is 11.5 Å². The van der Waals surface area contributed by atoms with Crippen molar-refractivity contribution in [3.63, 3.8) is 0 Å². The van der Waals surface area contributed by atoms with Gasteiger partial charge in [0.15, 0.2) is 11.5 Å². The maximum absolute atomic E-state index is 12.6. The lowest BCUT2D eigenvalue weighted by Gasteiger charge is -2.22. The molecule has 30 heavy (non-hydrogen) atoms. The summed E-state index contributed by atoms with van der Waals surface area (Å²) in [6.45, 7) is 1.87. The summed E-state index contributed by atoms with van der Waals surface area (Å²) in [6, 6.07) is 5.01. The molecule has 0 bridgehead atoms. The first-order chi connectivity index (χ1) is 14.4. The van der Waals surface area contributed by atoms with E-state index in [0.717, 1.165) is 40.3 Å². The van der Waals surface area contributed by atoms with E-state index < -0.39 is 6.61 Å². The number of aromatic nitrogens is 2. The van der Waals surface area contributed by atoms with Crippen LogP contribution in [0.15, 0.2) is 18.2 Å². The van der Waals surface area contributed by atoms with E-state index in [9.17, 15) is 8.78 Å². The Morgan fingerprint density at radius 2 is 2.07 bits per heavy atom. The number of fused-ring (bicyclic) bond motifs is 3. The number of thiophene rings is 1. The first kappa shape index (κ1) is 20.8. The highest BCUT2D eigenvalue weighted by atomic mass is 32.1. The van der Waals surface area contributed by atoms with Crippen LogP contribution in [0.2, 0.25) is 0 Å². The van der Waals surface area contributed by atoms with Gasteiger partial charge in [-0.3, -0.25) is 0 Å². The highest BCUT2D eigenvalue weighted by molar-refractivity contribution is 7.19. The Morgan fingerprint density at radius 1 is 1.27 bits per heavy atom. The molecule has 1 aliphatic carbocycles. The standard InChI is InChI=1S/C22H25F2N3O2S/c1-12-5-7-15-18(9-12)30-21-19(15)20(25-13(2)26-21)27(3)11-14-6-8-16(29-22(23)24)17(10-14)28-4/h6,8,10,12,22H,5,7,9,11H2,1-4H3. The Morgan fingerprint density at radius 3 is 2.80 bits per heavy atom. The predicted octanol–water partition coefficient (Wildman–Crippen LogP) is 5.37. The Bertz CT molecular complexity index is 1070. The fourth-order valence-electron chi connectivity index (χ4n) is 4.06. The first-order valence-electron chi connectivity index (χ1n) is 9.97. The summed E-state index contributed by atoms with van der Waals surface area (Å²) in [5, 5.41) is 1.15. The van der Waals surface area contributed by atoms with Crippen molar-refractivity contribution >= 4 is 27.4 Å². The quantitative estimate of drug-likeness (QED) is 0.523. The van der Waals surface area contributed by atoms with Crippen LogP contribution >= 0.6 is 11.3 Å². The number of hydrogen-bond acceptors (Lipinski definition) is 6. The zero-order valence-electron chi connectivity index (χ0n) is 17.5. The Labute approximate surface area is 178 Å². The Balaban J connectivity index is 1.67. The topological polar surface area (TPSA) is 47.5 Å². The van der Waals surface area contributed by atoms with Crippen LogP contribution in [-0.2, 0) is 19.4 Å². The number of benzene rings is 1. The van der Waals surface area contributed by atoms with E-state index in [0.29, 0.717) is 12.5 Å². The summed E-state index contributed by atoms with van der Waals surface area (Å²) in [5.74, 6) is 2.67. The van der Waals surface area contributed by atoms with Crippen LogP contribution in [0.25, 0.3) is 10.2 Å². The molecule has 5 nitrogen and oxygen atoms in total. The third-order valence-electron chi connectivity index (χ3n) is 5.47. The number of halogens is 2. The molecule has 0 spiro atoms. The van der Waals surface area contributed by atoms with Gasteiger partial charge in [0, 0.05) is 18.5 Å². The number of alkyl halides is 2. The average Bonchev–Trinajstić information content (AvgIpc) is 3.04. The monoisotopic (exact) mass is 433 g/mol. The van der Waals surface area contributed by atoms with Crippen LogP contribution in [0, 0.1) is 12.8 Å². The molecule has 2 aromatic heterocycles. The minimum absolute atomic E-state index is 0.0280. The highest BCUT2D eigenvalue weighted by Gasteiger charge is 2.25.